The number of ether oxygens (including phenoxy) is 1. The van der Waals surface area contributed by atoms with E-state index in [4.69, 9.17) is 10.5 Å². The first-order chi connectivity index (χ1) is 8.51. The Balaban J connectivity index is 2.79. The molecule has 4 nitrogen and oxygen atoms in total. The van der Waals surface area contributed by atoms with Crippen molar-refractivity contribution in [2.45, 2.75) is 26.3 Å². The fraction of sp³-hybridized carbons (Fsp3) is 0.500. The van der Waals surface area contributed by atoms with Crippen LogP contribution in [0, 0.1) is 5.92 Å². The van der Waals surface area contributed by atoms with Crippen LogP contribution in [0.1, 0.15) is 20.3 Å². The first-order valence-electron chi connectivity index (χ1n) is 6.18. The zero-order valence-electron chi connectivity index (χ0n) is 11.5. The number of likely N-dealkylation sites (N-methyl/N-ethyl adjacent to an activating group) is 1. The molecular weight excluding hydrogens is 228 g/mol. The summed E-state index contributed by atoms with van der Waals surface area (Å²) in [6.45, 7) is 4.02. The quantitative estimate of drug-likeness (QED) is 0.870. The SMILES string of the molecule is CCC(C)C(N)C(=O)N(C)c1ccc(OC)cc1. The van der Waals surface area contributed by atoms with Crippen LogP contribution in [0.3, 0.4) is 0 Å². The summed E-state index contributed by atoms with van der Waals surface area (Å²) >= 11 is 0. The van der Waals surface area contributed by atoms with Crippen molar-refractivity contribution in [2.75, 3.05) is 19.1 Å². The van der Waals surface area contributed by atoms with Gasteiger partial charge < -0.3 is 15.4 Å². The van der Waals surface area contributed by atoms with Crippen LogP contribution in [-0.2, 0) is 4.79 Å². The van der Waals surface area contributed by atoms with E-state index in [2.05, 4.69) is 0 Å². The first kappa shape index (κ1) is 14.5. The lowest BCUT2D eigenvalue weighted by Gasteiger charge is -2.24. The standard InChI is InChI=1S/C14H22N2O2/c1-5-10(2)13(15)14(17)16(3)11-6-8-12(18-4)9-7-11/h6-10,13H,5,15H2,1-4H3. The normalized spacial score (nSPS) is 13.8. The van der Waals surface area contributed by atoms with Crippen LogP contribution in [0.4, 0.5) is 5.69 Å². The van der Waals surface area contributed by atoms with Gasteiger partial charge in [0.25, 0.3) is 0 Å². The molecule has 2 N–H and O–H groups in total. The predicted octanol–water partition coefficient (Wildman–Crippen LogP) is 2.03. The Hall–Kier alpha value is -1.55. The third kappa shape index (κ3) is 3.23. The predicted molar refractivity (Wildman–Crippen MR) is 73.8 cm³/mol. The van der Waals surface area contributed by atoms with Crippen molar-refractivity contribution in [3.8, 4) is 5.75 Å². The van der Waals surface area contributed by atoms with Crippen molar-refractivity contribution in [3.63, 3.8) is 0 Å². The van der Waals surface area contributed by atoms with E-state index in [1.165, 1.54) is 0 Å². The molecule has 0 bridgehead atoms. The number of benzene rings is 1. The fourth-order valence-electron chi connectivity index (χ4n) is 1.65. The molecule has 18 heavy (non-hydrogen) atoms. The molecule has 4 heteroatoms. The average molecular weight is 250 g/mol. The number of carbonyl (C=O) groups is 1. The summed E-state index contributed by atoms with van der Waals surface area (Å²) in [5, 5.41) is 0. The molecule has 1 aromatic rings. The molecule has 2 atom stereocenters. The molecule has 0 heterocycles. The third-order valence-electron chi connectivity index (χ3n) is 3.33. The fourth-order valence-corrected chi connectivity index (χ4v) is 1.65. The summed E-state index contributed by atoms with van der Waals surface area (Å²) in [5.74, 6) is 0.888. The van der Waals surface area contributed by atoms with Crippen molar-refractivity contribution in [2.24, 2.45) is 11.7 Å². The van der Waals surface area contributed by atoms with E-state index in [9.17, 15) is 4.79 Å². The molecule has 0 saturated carbocycles. The van der Waals surface area contributed by atoms with Gasteiger partial charge in [-0.25, -0.2) is 0 Å². The summed E-state index contributed by atoms with van der Waals surface area (Å²) in [5.41, 5.74) is 6.77. The van der Waals surface area contributed by atoms with Crippen molar-refractivity contribution < 1.29 is 9.53 Å². The number of nitrogens with two attached hydrogens (primary N) is 1. The van der Waals surface area contributed by atoms with Crippen LogP contribution in [0.15, 0.2) is 24.3 Å². The minimum absolute atomic E-state index is 0.0606. The smallest absolute Gasteiger partial charge is 0.243 e. The maximum atomic E-state index is 12.2. The van der Waals surface area contributed by atoms with Gasteiger partial charge in [0.15, 0.2) is 0 Å². The second kappa shape index (κ2) is 6.40. The van der Waals surface area contributed by atoms with Gasteiger partial charge >= 0.3 is 0 Å². The molecule has 0 saturated heterocycles. The van der Waals surface area contributed by atoms with E-state index in [1.807, 2.05) is 38.1 Å². The van der Waals surface area contributed by atoms with Crippen molar-refractivity contribution >= 4 is 11.6 Å². The summed E-state index contributed by atoms with van der Waals surface area (Å²) in [4.78, 5) is 13.8. The second-order valence-corrected chi connectivity index (χ2v) is 4.51. The molecule has 0 spiro atoms. The maximum absolute atomic E-state index is 12.2. The monoisotopic (exact) mass is 250 g/mol. The van der Waals surface area contributed by atoms with Crippen LogP contribution in [0.5, 0.6) is 5.75 Å². The lowest BCUT2D eigenvalue weighted by atomic mass is 9.99. The van der Waals surface area contributed by atoms with Crippen molar-refractivity contribution in [3.05, 3.63) is 24.3 Å². The molecule has 0 radical (unpaired) electrons. The topological polar surface area (TPSA) is 55.6 Å². The van der Waals surface area contributed by atoms with Gasteiger partial charge in [-0.1, -0.05) is 20.3 Å². The van der Waals surface area contributed by atoms with Gasteiger partial charge in [0.05, 0.1) is 13.2 Å². The van der Waals surface area contributed by atoms with E-state index in [-0.39, 0.29) is 11.8 Å². The highest BCUT2D eigenvalue weighted by molar-refractivity contribution is 5.96. The average Bonchev–Trinajstić information content (AvgIpc) is 2.44. The minimum Gasteiger partial charge on any atom is -0.497 e. The number of hydrogen-bond acceptors (Lipinski definition) is 3. The lowest BCUT2D eigenvalue weighted by Crippen LogP contribution is -2.45. The van der Waals surface area contributed by atoms with Crippen molar-refractivity contribution in [1.82, 2.24) is 0 Å². The third-order valence-corrected chi connectivity index (χ3v) is 3.33. The number of amides is 1. The summed E-state index contributed by atoms with van der Waals surface area (Å²) in [7, 11) is 3.36. The Labute approximate surface area is 109 Å². The molecule has 1 rings (SSSR count). The summed E-state index contributed by atoms with van der Waals surface area (Å²) < 4.78 is 5.08. The van der Waals surface area contributed by atoms with Crippen LogP contribution < -0.4 is 15.4 Å². The summed E-state index contributed by atoms with van der Waals surface area (Å²) in [6.07, 6.45) is 0.892. The number of nitrogens with zero attached hydrogens (tertiary/aromatic N) is 1. The number of rotatable bonds is 5. The van der Waals surface area contributed by atoms with E-state index in [1.54, 1.807) is 19.1 Å². The van der Waals surface area contributed by atoms with Crippen molar-refractivity contribution in [1.29, 1.82) is 0 Å². The Kier molecular flexibility index (Phi) is 5.16. The highest BCUT2D eigenvalue weighted by Gasteiger charge is 2.23. The Bertz CT molecular complexity index is 389. The van der Waals surface area contributed by atoms with Crippen LogP contribution >= 0.6 is 0 Å². The Morgan fingerprint density at radius 3 is 2.39 bits per heavy atom. The maximum Gasteiger partial charge on any atom is 0.243 e. The molecule has 0 fully saturated rings. The van der Waals surface area contributed by atoms with Gasteiger partial charge in [-0.3, -0.25) is 4.79 Å². The van der Waals surface area contributed by atoms with Gasteiger partial charge in [0.1, 0.15) is 5.75 Å². The number of anilines is 1. The molecule has 1 aromatic carbocycles. The summed E-state index contributed by atoms with van der Waals surface area (Å²) in [6, 6.07) is 6.89. The lowest BCUT2D eigenvalue weighted by molar-refractivity contribution is -0.120. The van der Waals surface area contributed by atoms with Gasteiger partial charge in [0, 0.05) is 12.7 Å². The first-order valence-corrected chi connectivity index (χ1v) is 6.18. The molecule has 0 aliphatic rings. The zero-order chi connectivity index (χ0) is 13.7. The molecule has 1 amide bonds. The number of methoxy groups -OCH3 is 1. The Morgan fingerprint density at radius 1 is 1.39 bits per heavy atom. The number of hydrogen-bond donors (Lipinski definition) is 1. The molecular formula is C14H22N2O2. The molecule has 2 unspecified atom stereocenters. The molecule has 0 aliphatic heterocycles. The van der Waals surface area contributed by atoms with Crippen LogP contribution in [0.25, 0.3) is 0 Å². The molecule has 100 valence electrons. The van der Waals surface area contributed by atoms with Crippen LogP contribution in [-0.4, -0.2) is 26.1 Å². The van der Waals surface area contributed by atoms with Gasteiger partial charge in [-0.2, -0.15) is 0 Å². The minimum atomic E-state index is -0.456. The van der Waals surface area contributed by atoms with E-state index in [0.717, 1.165) is 17.9 Å². The van der Waals surface area contributed by atoms with Gasteiger partial charge in [-0.05, 0) is 30.2 Å². The Morgan fingerprint density at radius 2 is 1.94 bits per heavy atom. The van der Waals surface area contributed by atoms with E-state index >= 15 is 0 Å². The molecule has 0 aliphatic carbocycles. The molecule has 0 aromatic heterocycles. The second-order valence-electron chi connectivity index (χ2n) is 4.51. The van der Waals surface area contributed by atoms with Crippen LogP contribution in [0.2, 0.25) is 0 Å². The zero-order valence-corrected chi connectivity index (χ0v) is 11.5. The highest BCUT2D eigenvalue weighted by atomic mass is 16.5. The largest absolute Gasteiger partial charge is 0.497 e. The van der Waals surface area contributed by atoms with Gasteiger partial charge in [-0.15, -0.1) is 0 Å². The number of carbonyl (C=O) groups excluding carboxylic acids is 1. The van der Waals surface area contributed by atoms with Gasteiger partial charge in [0.2, 0.25) is 5.91 Å². The van der Waals surface area contributed by atoms with E-state index in [0.29, 0.717) is 0 Å². The highest BCUT2D eigenvalue weighted by Crippen LogP contribution is 2.19. The van der Waals surface area contributed by atoms with E-state index < -0.39 is 6.04 Å².